The number of hydrogen-bond acceptors (Lipinski definition) is 5. The Bertz CT molecular complexity index is 1030. The van der Waals surface area contributed by atoms with Gasteiger partial charge in [0.1, 0.15) is 0 Å². The largest absolute Gasteiger partial charge is 0.348 e. The van der Waals surface area contributed by atoms with E-state index in [0.29, 0.717) is 17.8 Å². The zero-order valence-corrected chi connectivity index (χ0v) is 21.3. The van der Waals surface area contributed by atoms with E-state index in [1.807, 2.05) is 27.8 Å². The van der Waals surface area contributed by atoms with Gasteiger partial charge in [0.15, 0.2) is 5.69 Å². The maximum absolute atomic E-state index is 13.3. The van der Waals surface area contributed by atoms with Crippen molar-refractivity contribution in [2.24, 2.45) is 0 Å². The van der Waals surface area contributed by atoms with E-state index in [2.05, 4.69) is 28.1 Å². The van der Waals surface area contributed by atoms with E-state index in [-0.39, 0.29) is 17.9 Å². The Morgan fingerprint density at radius 3 is 2.40 bits per heavy atom. The Labute approximate surface area is 208 Å². The summed E-state index contributed by atoms with van der Waals surface area (Å²) in [5, 5.41) is 9.02. The number of piperidine rings is 1. The Morgan fingerprint density at radius 1 is 1.00 bits per heavy atom. The van der Waals surface area contributed by atoms with Crippen LogP contribution in [0.1, 0.15) is 62.9 Å². The van der Waals surface area contributed by atoms with Gasteiger partial charge in [-0.25, -0.2) is 0 Å². The second kappa shape index (κ2) is 10.7. The number of carbonyl (C=O) groups is 2. The first kappa shape index (κ1) is 24.3. The quantitative estimate of drug-likeness (QED) is 0.629. The highest BCUT2D eigenvalue weighted by Crippen LogP contribution is 2.35. The molecule has 2 aromatic rings. The minimum atomic E-state index is -0.0300. The average molecular weight is 481 g/mol. The summed E-state index contributed by atoms with van der Waals surface area (Å²) in [7, 11) is 0. The molecule has 0 radical (unpaired) electrons. The molecule has 0 saturated carbocycles. The molecule has 0 aliphatic carbocycles. The summed E-state index contributed by atoms with van der Waals surface area (Å²) in [6, 6.07) is 9.41. The van der Waals surface area contributed by atoms with Crippen LogP contribution in [0.3, 0.4) is 0 Å². The van der Waals surface area contributed by atoms with Crippen LogP contribution in [0.5, 0.6) is 0 Å². The summed E-state index contributed by atoms with van der Waals surface area (Å²) < 4.78 is 2.00. The number of nitrogens with zero attached hydrogens (tertiary/aromatic N) is 5. The molecule has 2 bridgehead atoms. The predicted molar refractivity (Wildman–Crippen MR) is 137 cm³/mol. The monoisotopic (exact) mass is 480 g/mol. The lowest BCUT2D eigenvalue weighted by molar-refractivity contribution is -0.130. The van der Waals surface area contributed by atoms with Crippen LogP contribution >= 0.6 is 0 Å². The molecule has 2 atom stereocenters. The molecule has 1 aromatic carbocycles. The molecule has 1 N–H and O–H groups in total. The van der Waals surface area contributed by atoms with Crippen molar-refractivity contribution in [3.05, 3.63) is 30.0 Å². The molecule has 8 nitrogen and oxygen atoms in total. The van der Waals surface area contributed by atoms with E-state index in [1.165, 1.54) is 12.8 Å². The third-order valence-corrected chi connectivity index (χ3v) is 8.31. The van der Waals surface area contributed by atoms with Crippen LogP contribution in [-0.4, -0.2) is 93.7 Å². The summed E-state index contributed by atoms with van der Waals surface area (Å²) in [5.74, 6) is 0.158. The van der Waals surface area contributed by atoms with Gasteiger partial charge < -0.3 is 10.2 Å². The first-order valence-electron chi connectivity index (χ1n) is 13.5. The van der Waals surface area contributed by atoms with E-state index in [0.717, 1.165) is 82.4 Å². The highest BCUT2D eigenvalue weighted by atomic mass is 16.2. The summed E-state index contributed by atoms with van der Waals surface area (Å²) in [5.41, 5.74) is 1.61. The molecule has 35 heavy (non-hydrogen) atoms. The molecule has 3 saturated heterocycles. The van der Waals surface area contributed by atoms with Crippen LogP contribution in [0.2, 0.25) is 0 Å². The first-order valence-corrected chi connectivity index (χ1v) is 13.5. The van der Waals surface area contributed by atoms with Crippen LogP contribution in [0.4, 0.5) is 0 Å². The maximum atomic E-state index is 13.3. The van der Waals surface area contributed by atoms with Crippen molar-refractivity contribution in [2.75, 3.05) is 39.3 Å². The molecular weight excluding hydrogens is 440 g/mol. The van der Waals surface area contributed by atoms with Crippen molar-refractivity contribution in [1.82, 2.24) is 29.8 Å². The van der Waals surface area contributed by atoms with Crippen molar-refractivity contribution in [3.8, 4) is 0 Å². The lowest BCUT2D eigenvalue weighted by atomic mass is 9.97. The predicted octanol–water partition coefficient (Wildman–Crippen LogP) is 2.73. The molecule has 8 heteroatoms. The van der Waals surface area contributed by atoms with Crippen molar-refractivity contribution in [2.45, 2.75) is 77.0 Å². The number of aromatic nitrogens is 2. The van der Waals surface area contributed by atoms with Crippen LogP contribution < -0.4 is 5.32 Å². The molecule has 190 valence electrons. The minimum Gasteiger partial charge on any atom is -0.348 e. The zero-order chi connectivity index (χ0) is 24.4. The number of piperazine rings is 1. The smallest absolute Gasteiger partial charge is 0.272 e. The number of rotatable bonds is 8. The minimum absolute atomic E-state index is 0.0300. The molecule has 3 aliphatic heterocycles. The fourth-order valence-electron chi connectivity index (χ4n) is 6.33. The summed E-state index contributed by atoms with van der Waals surface area (Å²) in [6.45, 7) is 10.5. The van der Waals surface area contributed by atoms with Gasteiger partial charge in [0, 0.05) is 76.2 Å². The van der Waals surface area contributed by atoms with Gasteiger partial charge in [0.25, 0.3) is 5.91 Å². The van der Waals surface area contributed by atoms with Crippen molar-refractivity contribution >= 4 is 22.7 Å². The van der Waals surface area contributed by atoms with Crippen LogP contribution in [0.15, 0.2) is 24.3 Å². The molecule has 5 rings (SSSR count). The van der Waals surface area contributed by atoms with Gasteiger partial charge in [-0.15, -0.1) is 0 Å². The van der Waals surface area contributed by atoms with Gasteiger partial charge in [-0.05, 0) is 38.2 Å². The SMILES string of the molecule is CCCCn1nc(C(=O)NC2CC3CCC(C2)N3CCN2CCN(C(C)=O)CC2)c2ccccc21. The van der Waals surface area contributed by atoms with Crippen molar-refractivity contribution < 1.29 is 9.59 Å². The number of amides is 2. The average Bonchev–Trinajstić information content (AvgIpc) is 3.35. The third kappa shape index (κ3) is 5.23. The number of aryl methyl sites for hydroxylation is 1. The molecule has 1 aromatic heterocycles. The van der Waals surface area contributed by atoms with Crippen LogP contribution in [0.25, 0.3) is 10.9 Å². The number of fused-ring (bicyclic) bond motifs is 3. The molecular formula is C27H40N6O2. The molecule has 2 amide bonds. The molecule has 4 heterocycles. The number of benzene rings is 1. The van der Waals surface area contributed by atoms with E-state index >= 15 is 0 Å². The normalized spacial score (nSPS) is 25.3. The summed E-state index contributed by atoms with van der Waals surface area (Å²) in [6.07, 6.45) is 6.66. The highest BCUT2D eigenvalue weighted by molar-refractivity contribution is 6.05. The Hall–Kier alpha value is -2.45. The molecule has 3 aliphatic rings. The van der Waals surface area contributed by atoms with E-state index < -0.39 is 0 Å². The van der Waals surface area contributed by atoms with Crippen molar-refractivity contribution in [3.63, 3.8) is 0 Å². The second-order valence-corrected chi connectivity index (χ2v) is 10.6. The number of unbranched alkanes of at least 4 members (excludes halogenated alkanes) is 1. The molecule has 2 unspecified atom stereocenters. The molecule has 3 fully saturated rings. The Morgan fingerprint density at radius 2 is 1.71 bits per heavy atom. The first-order chi connectivity index (χ1) is 17.0. The van der Waals surface area contributed by atoms with Crippen molar-refractivity contribution in [1.29, 1.82) is 0 Å². The number of carbonyl (C=O) groups excluding carboxylic acids is 2. The number of hydrogen-bond donors (Lipinski definition) is 1. The van der Waals surface area contributed by atoms with E-state index in [9.17, 15) is 9.59 Å². The van der Waals surface area contributed by atoms with Gasteiger partial charge in [-0.1, -0.05) is 31.5 Å². The Kier molecular flexibility index (Phi) is 7.39. The van der Waals surface area contributed by atoms with Gasteiger partial charge in [-0.3, -0.25) is 24.1 Å². The van der Waals surface area contributed by atoms with Gasteiger partial charge in [-0.2, -0.15) is 5.10 Å². The fourth-order valence-corrected chi connectivity index (χ4v) is 6.33. The van der Waals surface area contributed by atoms with Crippen LogP contribution in [0, 0.1) is 0 Å². The second-order valence-electron chi connectivity index (χ2n) is 10.6. The summed E-state index contributed by atoms with van der Waals surface area (Å²) >= 11 is 0. The van der Waals surface area contributed by atoms with E-state index in [1.54, 1.807) is 6.92 Å². The van der Waals surface area contributed by atoms with Crippen LogP contribution in [-0.2, 0) is 11.3 Å². The topological polar surface area (TPSA) is 73.7 Å². The van der Waals surface area contributed by atoms with Gasteiger partial charge >= 0.3 is 0 Å². The summed E-state index contributed by atoms with van der Waals surface area (Å²) in [4.78, 5) is 32.0. The lowest BCUT2D eigenvalue weighted by Crippen LogP contribution is -2.54. The number of para-hydroxylation sites is 1. The third-order valence-electron chi connectivity index (χ3n) is 8.31. The van der Waals surface area contributed by atoms with Gasteiger partial charge in [0.2, 0.25) is 5.91 Å². The Balaban J connectivity index is 1.16. The standard InChI is InChI=1S/C27H40N6O2/c1-3-4-11-33-25-8-6-5-7-24(25)26(29-33)27(35)28-21-18-22-9-10-23(19-21)32(22)17-14-30-12-15-31(16-13-30)20(2)34/h5-8,21-23H,3-4,9-19H2,1-2H3,(H,28,35). The van der Waals surface area contributed by atoms with Gasteiger partial charge in [0.05, 0.1) is 5.52 Å². The lowest BCUT2D eigenvalue weighted by Gasteiger charge is -2.41. The fraction of sp³-hybridized carbons (Fsp3) is 0.667. The highest BCUT2D eigenvalue weighted by Gasteiger charge is 2.41. The number of nitrogens with one attached hydrogen (secondary N) is 1. The maximum Gasteiger partial charge on any atom is 0.272 e. The zero-order valence-electron chi connectivity index (χ0n) is 21.3. The molecule has 0 spiro atoms. The van der Waals surface area contributed by atoms with E-state index in [4.69, 9.17) is 5.10 Å².